The highest BCUT2D eigenvalue weighted by molar-refractivity contribution is 6.04. The zero-order chi connectivity index (χ0) is 12.1. The number of ketones is 1. The van der Waals surface area contributed by atoms with Crippen LogP contribution in [0.15, 0.2) is 36.5 Å². The fraction of sp³-hybridized carbons (Fsp3) is 0.182. The minimum absolute atomic E-state index is 0.0202. The maximum absolute atomic E-state index is 11.5. The molecule has 0 spiro atoms. The molecule has 0 radical (unpaired) electrons. The van der Waals surface area contributed by atoms with Gasteiger partial charge < -0.3 is 4.90 Å². The Morgan fingerprint density at radius 1 is 1.31 bits per heavy atom. The predicted molar refractivity (Wildman–Crippen MR) is 60.3 cm³/mol. The van der Waals surface area contributed by atoms with Crippen LogP contribution in [0.2, 0.25) is 0 Å². The molecule has 0 aromatic heterocycles. The van der Waals surface area contributed by atoms with Gasteiger partial charge in [-0.3, -0.25) is 14.9 Å². The zero-order valence-electron chi connectivity index (χ0n) is 9.08. The van der Waals surface area contributed by atoms with Gasteiger partial charge in [-0.2, -0.15) is 0 Å². The first-order valence-electron chi connectivity index (χ1n) is 4.64. The molecule has 5 nitrogen and oxygen atoms in total. The van der Waals surface area contributed by atoms with Crippen molar-refractivity contribution in [1.29, 1.82) is 0 Å². The largest absolute Gasteiger partial charge is 0.383 e. The van der Waals surface area contributed by atoms with Gasteiger partial charge in [0.2, 0.25) is 0 Å². The molecular formula is C11H12N2O3. The second kappa shape index (κ2) is 5.06. The van der Waals surface area contributed by atoms with Crippen molar-refractivity contribution in [2.45, 2.75) is 0 Å². The highest BCUT2D eigenvalue weighted by atomic mass is 16.6. The van der Waals surface area contributed by atoms with E-state index in [1.54, 1.807) is 25.2 Å². The Morgan fingerprint density at radius 3 is 2.31 bits per heavy atom. The summed E-state index contributed by atoms with van der Waals surface area (Å²) in [6, 6.07) is 5.52. The summed E-state index contributed by atoms with van der Waals surface area (Å²) in [5.74, 6) is -0.177. The first kappa shape index (κ1) is 11.9. The van der Waals surface area contributed by atoms with Gasteiger partial charge in [0.25, 0.3) is 5.69 Å². The number of rotatable bonds is 4. The highest BCUT2D eigenvalue weighted by Gasteiger charge is 2.06. The molecule has 0 heterocycles. The number of hydrogen-bond donors (Lipinski definition) is 0. The quantitative estimate of drug-likeness (QED) is 0.336. The first-order chi connectivity index (χ1) is 7.50. The average molecular weight is 220 g/mol. The molecule has 0 bridgehead atoms. The van der Waals surface area contributed by atoms with Gasteiger partial charge in [0.05, 0.1) is 4.92 Å². The van der Waals surface area contributed by atoms with Crippen molar-refractivity contribution in [3.63, 3.8) is 0 Å². The zero-order valence-corrected chi connectivity index (χ0v) is 9.08. The third-order valence-corrected chi connectivity index (χ3v) is 1.89. The Kier molecular flexibility index (Phi) is 3.77. The van der Waals surface area contributed by atoms with Crippen molar-refractivity contribution in [2.24, 2.45) is 0 Å². The van der Waals surface area contributed by atoms with Crippen molar-refractivity contribution in [3.05, 3.63) is 52.2 Å². The highest BCUT2D eigenvalue weighted by Crippen LogP contribution is 2.12. The summed E-state index contributed by atoms with van der Waals surface area (Å²) in [6.07, 6.45) is 3.05. The lowest BCUT2D eigenvalue weighted by Gasteiger charge is -2.02. The molecule has 16 heavy (non-hydrogen) atoms. The van der Waals surface area contributed by atoms with E-state index < -0.39 is 4.92 Å². The average Bonchev–Trinajstić information content (AvgIpc) is 2.26. The normalized spacial score (nSPS) is 10.4. The predicted octanol–water partition coefficient (Wildman–Crippen LogP) is 1.85. The number of non-ortho nitro benzene ring substituents is 1. The van der Waals surface area contributed by atoms with E-state index in [0.717, 1.165) is 0 Å². The first-order valence-corrected chi connectivity index (χ1v) is 4.64. The van der Waals surface area contributed by atoms with Crippen LogP contribution in [0.1, 0.15) is 10.4 Å². The summed E-state index contributed by atoms with van der Waals surface area (Å²) in [5.41, 5.74) is 0.414. The van der Waals surface area contributed by atoms with Gasteiger partial charge in [-0.15, -0.1) is 0 Å². The molecule has 0 saturated carbocycles. The van der Waals surface area contributed by atoms with Gasteiger partial charge in [-0.25, -0.2) is 0 Å². The SMILES string of the molecule is CN(C)/C=C\C(=O)c1ccc([N+](=O)[O-])cc1. The van der Waals surface area contributed by atoms with Crippen molar-refractivity contribution in [1.82, 2.24) is 4.90 Å². The molecule has 0 fully saturated rings. The summed E-state index contributed by atoms with van der Waals surface area (Å²) in [4.78, 5) is 23.2. The topological polar surface area (TPSA) is 63.5 Å². The van der Waals surface area contributed by atoms with E-state index >= 15 is 0 Å². The maximum Gasteiger partial charge on any atom is 0.269 e. The van der Waals surface area contributed by atoms with Gasteiger partial charge >= 0.3 is 0 Å². The number of nitro groups is 1. The molecule has 0 atom stereocenters. The van der Waals surface area contributed by atoms with Gasteiger partial charge in [0.1, 0.15) is 0 Å². The van der Waals surface area contributed by atoms with E-state index in [9.17, 15) is 14.9 Å². The number of hydrogen-bond acceptors (Lipinski definition) is 4. The monoisotopic (exact) mass is 220 g/mol. The maximum atomic E-state index is 11.5. The van der Waals surface area contributed by atoms with Crippen LogP contribution in [0.3, 0.4) is 0 Å². The second-order valence-electron chi connectivity index (χ2n) is 3.45. The van der Waals surface area contributed by atoms with Crippen molar-refractivity contribution < 1.29 is 9.72 Å². The summed E-state index contributed by atoms with van der Waals surface area (Å²) in [7, 11) is 3.61. The fourth-order valence-corrected chi connectivity index (χ4v) is 1.06. The van der Waals surface area contributed by atoms with E-state index in [1.165, 1.54) is 30.3 Å². The van der Waals surface area contributed by atoms with Crippen LogP contribution in [0, 0.1) is 10.1 Å². The Balaban J connectivity index is 2.82. The molecule has 5 heteroatoms. The molecule has 0 saturated heterocycles. The third kappa shape index (κ3) is 3.20. The number of nitro benzene ring substituents is 1. The summed E-state index contributed by atoms with van der Waals surface area (Å²) in [5, 5.41) is 10.4. The van der Waals surface area contributed by atoms with Crippen LogP contribution >= 0.6 is 0 Å². The van der Waals surface area contributed by atoms with E-state index in [0.29, 0.717) is 5.56 Å². The minimum Gasteiger partial charge on any atom is -0.383 e. The van der Waals surface area contributed by atoms with Crippen molar-refractivity contribution in [3.8, 4) is 0 Å². The van der Waals surface area contributed by atoms with Crippen LogP contribution in [-0.2, 0) is 0 Å². The number of carbonyl (C=O) groups is 1. The standard InChI is InChI=1S/C11H12N2O3/c1-12(2)8-7-11(14)9-3-5-10(6-4-9)13(15)16/h3-8H,1-2H3/b8-7-. The Morgan fingerprint density at radius 2 is 1.88 bits per heavy atom. The van der Waals surface area contributed by atoms with Gasteiger partial charge in [0.15, 0.2) is 5.78 Å². The van der Waals surface area contributed by atoms with E-state index in [1.807, 2.05) is 0 Å². The Bertz CT molecular complexity index is 421. The summed E-state index contributed by atoms with van der Waals surface area (Å²) >= 11 is 0. The van der Waals surface area contributed by atoms with Gasteiger partial charge in [-0.1, -0.05) is 0 Å². The lowest BCUT2D eigenvalue weighted by molar-refractivity contribution is -0.384. The molecule has 1 rings (SSSR count). The van der Waals surface area contributed by atoms with Crippen LogP contribution in [-0.4, -0.2) is 29.7 Å². The second-order valence-corrected chi connectivity index (χ2v) is 3.45. The fourth-order valence-electron chi connectivity index (χ4n) is 1.06. The molecule has 0 aliphatic rings. The van der Waals surface area contributed by atoms with Gasteiger partial charge in [0, 0.05) is 44.1 Å². The lowest BCUT2D eigenvalue weighted by Crippen LogP contribution is -2.03. The molecule has 0 aliphatic heterocycles. The Hall–Kier alpha value is -2.17. The number of carbonyl (C=O) groups excluding carboxylic acids is 1. The van der Waals surface area contributed by atoms with Crippen LogP contribution in [0.25, 0.3) is 0 Å². The summed E-state index contributed by atoms with van der Waals surface area (Å²) in [6.45, 7) is 0. The van der Waals surface area contributed by atoms with E-state index in [2.05, 4.69) is 0 Å². The van der Waals surface area contributed by atoms with E-state index in [4.69, 9.17) is 0 Å². The molecule has 0 N–H and O–H groups in total. The van der Waals surface area contributed by atoms with Crippen molar-refractivity contribution in [2.75, 3.05) is 14.1 Å². The summed E-state index contributed by atoms with van der Waals surface area (Å²) < 4.78 is 0. The minimum atomic E-state index is -0.496. The molecule has 84 valence electrons. The molecule has 0 aliphatic carbocycles. The number of allylic oxidation sites excluding steroid dienone is 1. The molecular weight excluding hydrogens is 208 g/mol. The van der Waals surface area contributed by atoms with Gasteiger partial charge in [-0.05, 0) is 12.1 Å². The smallest absolute Gasteiger partial charge is 0.269 e. The molecule has 1 aromatic rings. The molecule has 0 amide bonds. The third-order valence-electron chi connectivity index (χ3n) is 1.89. The van der Waals surface area contributed by atoms with Crippen LogP contribution in [0.4, 0.5) is 5.69 Å². The lowest BCUT2D eigenvalue weighted by atomic mass is 10.1. The number of benzene rings is 1. The Labute approximate surface area is 93.1 Å². The van der Waals surface area contributed by atoms with Crippen LogP contribution < -0.4 is 0 Å². The van der Waals surface area contributed by atoms with E-state index in [-0.39, 0.29) is 11.5 Å². The molecule has 1 aromatic carbocycles. The number of nitrogens with zero attached hydrogens (tertiary/aromatic N) is 2. The molecule has 0 unspecified atom stereocenters. The van der Waals surface area contributed by atoms with Crippen molar-refractivity contribution >= 4 is 11.5 Å². The van der Waals surface area contributed by atoms with Crippen LogP contribution in [0.5, 0.6) is 0 Å².